The van der Waals surface area contributed by atoms with Crippen LogP contribution in [-0.4, -0.2) is 28.6 Å². The molecule has 0 heterocycles. The van der Waals surface area contributed by atoms with Crippen molar-refractivity contribution >= 4 is 33.8 Å². The molecular formula is C29H27NO3. The van der Waals surface area contributed by atoms with E-state index in [0.29, 0.717) is 6.42 Å². The number of carboxylic acid groups (broad SMARTS) is 1. The Bertz CT molecular complexity index is 1340. The largest absolute Gasteiger partial charge is 0.480 e. The van der Waals surface area contributed by atoms with Crippen molar-refractivity contribution in [3.05, 3.63) is 89.0 Å². The second-order valence-electron chi connectivity index (χ2n) is 9.85. The van der Waals surface area contributed by atoms with Gasteiger partial charge in [0, 0.05) is 17.6 Å². The fourth-order valence-corrected chi connectivity index (χ4v) is 5.17. The molecule has 1 unspecified atom stereocenters. The van der Waals surface area contributed by atoms with Crippen LogP contribution in [0.1, 0.15) is 49.8 Å². The summed E-state index contributed by atoms with van der Waals surface area (Å²) >= 11 is 0. The van der Waals surface area contributed by atoms with Crippen LogP contribution < -0.4 is 0 Å². The van der Waals surface area contributed by atoms with Crippen LogP contribution in [-0.2, 0) is 16.0 Å². The van der Waals surface area contributed by atoms with Gasteiger partial charge in [-0.15, -0.1) is 0 Å². The lowest BCUT2D eigenvalue weighted by atomic mass is 9.68. The molecule has 0 aromatic heterocycles. The van der Waals surface area contributed by atoms with E-state index in [1.165, 1.54) is 0 Å². The Morgan fingerprint density at radius 1 is 0.970 bits per heavy atom. The number of carbonyl (C=O) groups is 2. The normalized spacial score (nSPS) is 19.3. The van der Waals surface area contributed by atoms with Crippen molar-refractivity contribution in [3.63, 3.8) is 0 Å². The summed E-state index contributed by atoms with van der Waals surface area (Å²) in [6, 6.07) is 20.6. The molecule has 0 radical (unpaired) electrons. The highest BCUT2D eigenvalue weighted by molar-refractivity contribution is 6.54. The van der Waals surface area contributed by atoms with Crippen molar-refractivity contribution in [3.8, 4) is 0 Å². The number of aliphatic carboxylic acids is 1. The molecule has 2 aliphatic carbocycles. The Balaban J connectivity index is 1.59. The molecule has 4 nitrogen and oxygen atoms in total. The maximum Gasteiger partial charge on any atom is 0.328 e. The molecule has 0 bridgehead atoms. The Kier molecular flexibility index (Phi) is 5.24. The fraction of sp³-hybridized carbons (Fsp3) is 0.276. The van der Waals surface area contributed by atoms with Gasteiger partial charge in [0.1, 0.15) is 5.71 Å². The van der Waals surface area contributed by atoms with Gasteiger partial charge >= 0.3 is 5.97 Å². The van der Waals surface area contributed by atoms with Crippen LogP contribution in [0.15, 0.2) is 77.3 Å². The maximum absolute atomic E-state index is 13.6. The lowest BCUT2D eigenvalue weighted by Crippen LogP contribution is -2.32. The number of carbonyl (C=O) groups excluding carboxylic acids is 1. The topological polar surface area (TPSA) is 66.7 Å². The number of hydrogen-bond acceptors (Lipinski definition) is 3. The van der Waals surface area contributed by atoms with Crippen LogP contribution in [0.3, 0.4) is 0 Å². The Morgan fingerprint density at radius 2 is 1.67 bits per heavy atom. The fourth-order valence-electron chi connectivity index (χ4n) is 5.17. The third kappa shape index (κ3) is 3.91. The number of rotatable bonds is 4. The van der Waals surface area contributed by atoms with Crippen molar-refractivity contribution in [1.29, 1.82) is 0 Å². The van der Waals surface area contributed by atoms with E-state index in [1.54, 1.807) is 0 Å². The Hall–Kier alpha value is -3.53. The van der Waals surface area contributed by atoms with E-state index in [9.17, 15) is 14.7 Å². The summed E-state index contributed by atoms with van der Waals surface area (Å²) in [5.41, 5.74) is 5.03. The predicted octanol–water partition coefficient (Wildman–Crippen LogP) is 5.87. The van der Waals surface area contributed by atoms with Gasteiger partial charge < -0.3 is 5.11 Å². The SMILES string of the molecule is CC1(C)CCC2=C(C1)c1ccccc1/C(=N/C(Cc1cccc3ccccc13)C(=O)O)C2=O. The smallest absolute Gasteiger partial charge is 0.328 e. The number of fused-ring (bicyclic) bond motifs is 3. The summed E-state index contributed by atoms with van der Waals surface area (Å²) in [5.74, 6) is -1.13. The molecule has 3 aromatic carbocycles. The zero-order chi connectivity index (χ0) is 23.2. The number of ketones is 1. The van der Waals surface area contributed by atoms with E-state index in [0.717, 1.165) is 51.5 Å². The highest BCUT2D eigenvalue weighted by atomic mass is 16.4. The summed E-state index contributed by atoms with van der Waals surface area (Å²) in [4.78, 5) is 30.5. The van der Waals surface area contributed by atoms with Crippen molar-refractivity contribution in [1.82, 2.24) is 0 Å². The molecule has 1 N–H and O–H groups in total. The third-order valence-electron chi connectivity index (χ3n) is 6.93. The van der Waals surface area contributed by atoms with Gasteiger partial charge in [-0.3, -0.25) is 9.79 Å². The molecule has 4 heteroatoms. The molecule has 0 saturated heterocycles. The molecule has 5 rings (SSSR count). The van der Waals surface area contributed by atoms with Crippen LogP contribution in [0.4, 0.5) is 0 Å². The summed E-state index contributed by atoms with van der Waals surface area (Å²) in [7, 11) is 0. The molecule has 0 aliphatic heterocycles. The first-order valence-corrected chi connectivity index (χ1v) is 11.5. The first-order valence-electron chi connectivity index (χ1n) is 11.5. The van der Waals surface area contributed by atoms with E-state index < -0.39 is 12.0 Å². The number of nitrogens with zero attached hydrogens (tertiary/aromatic N) is 1. The lowest BCUT2D eigenvalue weighted by Gasteiger charge is -2.36. The summed E-state index contributed by atoms with van der Waals surface area (Å²) in [6.45, 7) is 4.47. The van der Waals surface area contributed by atoms with Crippen LogP contribution in [0.2, 0.25) is 0 Å². The third-order valence-corrected chi connectivity index (χ3v) is 6.93. The van der Waals surface area contributed by atoms with Crippen molar-refractivity contribution < 1.29 is 14.7 Å². The molecule has 166 valence electrons. The molecule has 0 amide bonds. The number of benzene rings is 3. The average Bonchev–Trinajstić information content (AvgIpc) is 2.80. The van der Waals surface area contributed by atoms with Gasteiger partial charge in [0.2, 0.25) is 5.78 Å². The van der Waals surface area contributed by atoms with Crippen molar-refractivity contribution in [2.75, 3.05) is 0 Å². The van der Waals surface area contributed by atoms with Crippen LogP contribution in [0.25, 0.3) is 16.3 Å². The second-order valence-corrected chi connectivity index (χ2v) is 9.85. The average molecular weight is 438 g/mol. The Labute approximate surface area is 193 Å². The molecule has 0 spiro atoms. The van der Waals surface area contributed by atoms with Gasteiger partial charge in [0.05, 0.1) is 0 Å². The van der Waals surface area contributed by atoms with Gasteiger partial charge in [-0.2, -0.15) is 0 Å². The summed E-state index contributed by atoms with van der Waals surface area (Å²) in [5, 5.41) is 12.1. The van der Waals surface area contributed by atoms with E-state index >= 15 is 0 Å². The minimum atomic E-state index is -1.04. The van der Waals surface area contributed by atoms with Crippen molar-refractivity contribution in [2.24, 2.45) is 10.4 Å². The molecule has 33 heavy (non-hydrogen) atoms. The van der Waals surface area contributed by atoms with Crippen molar-refractivity contribution in [2.45, 2.75) is 45.6 Å². The van der Waals surface area contributed by atoms with Crippen LogP contribution in [0.5, 0.6) is 0 Å². The quantitative estimate of drug-likeness (QED) is 0.555. The van der Waals surface area contributed by atoms with Gasteiger partial charge in [-0.1, -0.05) is 80.6 Å². The predicted molar refractivity (Wildman–Crippen MR) is 132 cm³/mol. The first kappa shape index (κ1) is 21.3. The highest BCUT2D eigenvalue weighted by Gasteiger charge is 2.37. The number of carboxylic acids is 1. The number of hydrogen-bond donors (Lipinski definition) is 1. The van der Waals surface area contributed by atoms with E-state index in [-0.39, 0.29) is 23.3 Å². The van der Waals surface area contributed by atoms with Gasteiger partial charge in [0.25, 0.3) is 0 Å². The number of allylic oxidation sites excluding steroid dienone is 2. The zero-order valence-electron chi connectivity index (χ0n) is 19.0. The van der Waals surface area contributed by atoms with Crippen LogP contribution in [0, 0.1) is 5.41 Å². The van der Waals surface area contributed by atoms with Crippen LogP contribution >= 0.6 is 0 Å². The number of aliphatic imine (C=N–C) groups is 1. The molecule has 1 atom stereocenters. The molecular weight excluding hydrogens is 410 g/mol. The summed E-state index contributed by atoms with van der Waals surface area (Å²) in [6.07, 6.45) is 2.71. The van der Waals surface area contributed by atoms with Gasteiger partial charge in [0.15, 0.2) is 6.04 Å². The van der Waals surface area contributed by atoms with E-state index in [1.807, 2.05) is 66.7 Å². The minimum Gasteiger partial charge on any atom is -0.480 e. The minimum absolute atomic E-state index is 0.108. The maximum atomic E-state index is 13.6. The summed E-state index contributed by atoms with van der Waals surface area (Å²) < 4.78 is 0. The zero-order valence-corrected chi connectivity index (χ0v) is 19.0. The highest BCUT2D eigenvalue weighted by Crippen LogP contribution is 2.46. The van der Waals surface area contributed by atoms with Gasteiger partial charge in [-0.25, -0.2) is 4.79 Å². The monoisotopic (exact) mass is 437 g/mol. The van der Waals surface area contributed by atoms with Gasteiger partial charge in [-0.05, 0) is 52.1 Å². The number of Topliss-reactive ketones (excluding diaryl/α,β-unsaturated/α-hetero) is 1. The van der Waals surface area contributed by atoms with E-state index in [4.69, 9.17) is 0 Å². The first-order chi connectivity index (χ1) is 15.8. The molecule has 2 aliphatic rings. The Morgan fingerprint density at radius 3 is 2.45 bits per heavy atom. The van der Waals surface area contributed by atoms with E-state index in [2.05, 4.69) is 18.8 Å². The lowest BCUT2D eigenvalue weighted by molar-refractivity contribution is -0.138. The standard InChI is InChI=1S/C29H27NO3/c1-29(2)15-14-23-24(17-29)21-12-5-6-13-22(21)26(27(23)31)30-25(28(32)33)16-19-10-7-9-18-8-3-4-11-20(18)19/h3-13,25H,14-17H2,1-2H3,(H,32,33)/b30-26-. The molecule has 3 aromatic rings. The molecule has 0 saturated carbocycles. The molecule has 0 fully saturated rings. The second kappa shape index (κ2) is 8.11.